The highest BCUT2D eigenvalue weighted by molar-refractivity contribution is 5.83. The second-order valence-electron chi connectivity index (χ2n) is 3.09. The van der Waals surface area contributed by atoms with Gasteiger partial charge in [-0.15, -0.1) is 12.8 Å². The molecule has 0 aliphatic carbocycles. The molecule has 0 atom stereocenters. The van der Waals surface area contributed by atoms with Gasteiger partial charge in [-0.3, -0.25) is 5.32 Å². The smallest absolute Gasteiger partial charge is 0.413 e. The largest absolute Gasteiger partial charge is 0.436 e. The first-order valence-corrected chi connectivity index (χ1v) is 5.05. The normalized spacial score (nSPS) is 8.88. The molecule has 0 spiro atoms. The molecule has 4 nitrogen and oxygen atoms in total. The summed E-state index contributed by atoms with van der Waals surface area (Å²) in [7, 11) is 0. The van der Waals surface area contributed by atoms with Crippen LogP contribution in [0.1, 0.15) is 18.2 Å². The van der Waals surface area contributed by atoms with Crippen molar-refractivity contribution >= 4 is 11.9 Å². The van der Waals surface area contributed by atoms with Crippen molar-refractivity contribution < 1.29 is 9.53 Å². The van der Waals surface area contributed by atoms with E-state index in [1.807, 2.05) is 6.92 Å². The van der Waals surface area contributed by atoms with Gasteiger partial charge in [0.25, 0.3) is 0 Å². The number of hydrogen-bond acceptors (Lipinski definition) is 3. The standard InChI is InChI=1S/C13H12N2O2/c1-4-9-17-13(16)15-12-8-7-10(5-2)11(6-3)14-12/h1-2,7-8H,6,9H2,3H3,(H,14,15,16). The number of anilines is 1. The van der Waals surface area contributed by atoms with Gasteiger partial charge in [0.05, 0.1) is 5.69 Å². The molecule has 1 aromatic rings. The number of rotatable bonds is 3. The molecule has 0 aliphatic rings. The summed E-state index contributed by atoms with van der Waals surface area (Å²) in [5.41, 5.74) is 1.47. The predicted molar refractivity (Wildman–Crippen MR) is 65.4 cm³/mol. The van der Waals surface area contributed by atoms with Crippen LogP contribution in [-0.4, -0.2) is 17.7 Å². The molecule has 1 N–H and O–H groups in total. The Hall–Kier alpha value is -2.46. The molecule has 0 bridgehead atoms. The van der Waals surface area contributed by atoms with E-state index in [0.717, 1.165) is 11.3 Å². The second-order valence-corrected chi connectivity index (χ2v) is 3.09. The van der Waals surface area contributed by atoms with E-state index in [2.05, 4.69) is 26.9 Å². The Bertz CT molecular complexity index is 495. The van der Waals surface area contributed by atoms with Crippen LogP contribution in [0.15, 0.2) is 12.1 Å². The van der Waals surface area contributed by atoms with Crippen LogP contribution < -0.4 is 5.32 Å². The zero-order valence-electron chi connectivity index (χ0n) is 9.49. The van der Waals surface area contributed by atoms with Gasteiger partial charge < -0.3 is 4.74 Å². The molecule has 1 amide bonds. The molecule has 0 saturated carbocycles. The van der Waals surface area contributed by atoms with E-state index in [1.165, 1.54) is 0 Å². The molecular weight excluding hydrogens is 216 g/mol. The molecular formula is C13H12N2O2. The van der Waals surface area contributed by atoms with E-state index in [9.17, 15) is 4.79 Å². The number of carbonyl (C=O) groups excluding carboxylic acids is 1. The van der Waals surface area contributed by atoms with Gasteiger partial charge in [0.15, 0.2) is 6.61 Å². The first kappa shape index (κ1) is 12.6. The summed E-state index contributed by atoms with van der Waals surface area (Å²) in [6.45, 7) is 1.86. The fourth-order valence-corrected chi connectivity index (χ4v) is 1.22. The number of ether oxygens (including phenoxy) is 1. The zero-order chi connectivity index (χ0) is 12.7. The summed E-state index contributed by atoms with van der Waals surface area (Å²) in [5, 5.41) is 2.47. The van der Waals surface area contributed by atoms with Crippen LogP contribution in [0.3, 0.4) is 0 Å². The molecule has 86 valence electrons. The number of amides is 1. The molecule has 0 fully saturated rings. The Balaban J connectivity index is 2.77. The van der Waals surface area contributed by atoms with E-state index in [1.54, 1.807) is 12.1 Å². The second kappa shape index (κ2) is 6.19. The Morgan fingerprint density at radius 2 is 2.29 bits per heavy atom. The summed E-state index contributed by atoms with van der Waals surface area (Å²) in [6, 6.07) is 3.34. The highest BCUT2D eigenvalue weighted by Gasteiger charge is 2.06. The summed E-state index contributed by atoms with van der Waals surface area (Å²) < 4.78 is 4.66. The van der Waals surface area contributed by atoms with E-state index >= 15 is 0 Å². The number of terminal acetylenes is 2. The molecule has 1 aromatic heterocycles. The van der Waals surface area contributed by atoms with Crippen LogP contribution in [0.4, 0.5) is 10.6 Å². The van der Waals surface area contributed by atoms with Gasteiger partial charge >= 0.3 is 6.09 Å². The molecule has 1 rings (SSSR count). The first-order valence-electron chi connectivity index (χ1n) is 5.05. The minimum atomic E-state index is -0.633. The van der Waals surface area contributed by atoms with Crippen molar-refractivity contribution in [1.29, 1.82) is 0 Å². The van der Waals surface area contributed by atoms with Crippen molar-refractivity contribution in [3.8, 4) is 24.7 Å². The lowest BCUT2D eigenvalue weighted by molar-refractivity contribution is 0.176. The Kier molecular flexibility index (Phi) is 4.59. The van der Waals surface area contributed by atoms with E-state index < -0.39 is 6.09 Å². The van der Waals surface area contributed by atoms with Crippen LogP contribution >= 0.6 is 0 Å². The van der Waals surface area contributed by atoms with Crippen LogP contribution in [-0.2, 0) is 11.2 Å². The summed E-state index contributed by atoms with van der Waals surface area (Å²) in [6.07, 6.45) is 10.3. The van der Waals surface area contributed by atoms with Crippen LogP contribution in [0.5, 0.6) is 0 Å². The molecule has 0 saturated heterocycles. The summed E-state index contributed by atoms with van der Waals surface area (Å²) in [4.78, 5) is 15.4. The van der Waals surface area contributed by atoms with Gasteiger partial charge in [-0.05, 0) is 18.6 Å². The van der Waals surface area contributed by atoms with E-state index in [0.29, 0.717) is 12.2 Å². The number of nitrogens with one attached hydrogen (secondary N) is 1. The van der Waals surface area contributed by atoms with Crippen molar-refractivity contribution in [2.24, 2.45) is 0 Å². The third kappa shape index (κ3) is 3.55. The number of nitrogens with zero attached hydrogens (tertiary/aromatic N) is 1. The number of carbonyl (C=O) groups is 1. The minimum absolute atomic E-state index is 0.0745. The minimum Gasteiger partial charge on any atom is -0.436 e. The predicted octanol–water partition coefficient (Wildman–Crippen LogP) is 1.81. The van der Waals surface area contributed by atoms with Crippen molar-refractivity contribution in [3.05, 3.63) is 23.4 Å². The molecule has 0 aliphatic heterocycles. The molecule has 0 unspecified atom stereocenters. The molecule has 17 heavy (non-hydrogen) atoms. The number of aromatic nitrogens is 1. The number of aryl methyl sites for hydroxylation is 1. The first-order chi connectivity index (χ1) is 8.21. The third-order valence-electron chi connectivity index (χ3n) is 1.98. The molecule has 0 radical (unpaired) electrons. The van der Waals surface area contributed by atoms with Crippen molar-refractivity contribution in [1.82, 2.24) is 4.98 Å². The lowest BCUT2D eigenvalue weighted by Crippen LogP contribution is -2.15. The van der Waals surface area contributed by atoms with Crippen LogP contribution in [0.2, 0.25) is 0 Å². The lowest BCUT2D eigenvalue weighted by atomic mass is 10.1. The molecule has 4 heteroatoms. The van der Waals surface area contributed by atoms with Gasteiger partial charge in [-0.1, -0.05) is 18.8 Å². The van der Waals surface area contributed by atoms with Crippen LogP contribution in [0, 0.1) is 24.7 Å². The lowest BCUT2D eigenvalue weighted by Gasteiger charge is -2.06. The maximum atomic E-state index is 11.2. The SMILES string of the molecule is C#CCOC(=O)Nc1ccc(C#C)c(CC)n1. The van der Waals surface area contributed by atoms with Gasteiger partial charge in [0, 0.05) is 5.56 Å². The van der Waals surface area contributed by atoms with Crippen molar-refractivity contribution in [2.75, 3.05) is 11.9 Å². The molecule has 0 aromatic carbocycles. The highest BCUT2D eigenvalue weighted by atomic mass is 16.5. The Labute approximate surface area is 100 Å². The fraction of sp³-hybridized carbons (Fsp3) is 0.231. The van der Waals surface area contributed by atoms with E-state index in [4.69, 9.17) is 12.8 Å². The molecule has 1 heterocycles. The van der Waals surface area contributed by atoms with Gasteiger partial charge in [0.1, 0.15) is 5.82 Å². The maximum absolute atomic E-state index is 11.2. The van der Waals surface area contributed by atoms with E-state index in [-0.39, 0.29) is 6.61 Å². The zero-order valence-corrected chi connectivity index (χ0v) is 9.49. The monoisotopic (exact) mass is 228 g/mol. The average molecular weight is 228 g/mol. The summed E-state index contributed by atoms with van der Waals surface area (Å²) >= 11 is 0. The fourth-order valence-electron chi connectivity index (χ4n) is 1.22. The summed E-state index contributed by atoms with van der Waals surface area (Å²) in [5.74, 6) is 5.12. The van der Waals surface area contributed by atoms with Gasteiger partial charge in [-0.25, -0.2) is 9.78 Å². The third-order valence-corrected chi connectivity index (χ3v) is 1.98. The van der Waals surface area contributed by atoms with Crippen LogP contribution in [0.25, 0.3) is 0 Å². The van der Waals surface area contributed by atoms with Gasteiger partial charge in [-0.2, -0.15) is 0 Å². The highest BCUT2D eigenvalue weighted by Crippen LogP contribution is 2.11. The maximum Gasteiger partial charge on any atom is 0.413 e. The number of hydrogen-bond donors (Lipinski definition) is 1. The quantitative estimate of drug-likeness (QED) is 0.803. The topological polar surface area (TPSA) is 51.2 Å². The average Bonchev–Trinajstić information content (AvgIpc) is 2.36. The number of pyridine rings is 1. The van der Waals surface area contributed by atoms with Crippen molar-refractivity contribution in [3.63, 3.8) is 0 Å². The van der Waals surface area contributed by atoms with Gasteiger partial charge in [0.2, 0.25) is 0 Å². The van der Waals surface area contributed by atoms with Crippen molar-refractivity contribution in [2.45, 2.75) is 13.3 Å². The Morgan fingerprint density at radius 1 is 1.53 bits per heavy atom. The Morgan fingerprint density at radius 3 is 2.88 bits per heavy atom.